The van der Waals surface area contributed by atoms with Crippen LogP contribution in [0.15, 0.2) is 21.9 Å². The summed E-state index contributed by atoms with van der Waals surface area (Å²) in [5, 5.41) is 9.93. The Bertz CT molecular complexity index is 1730. The lowest BCUT2D eigenvalue weighted by Gasteiger charge is -2.27. The maximum Gasteiger partial charge on any atom is 0.423 e. The first-order valence-corrected chi connectivity index (χ1v) is 12.8. The van der Waals surface area contributed by atoms with Gasteiger partial charge in [-0.2, -0.15) is 13.2 Å². The molecule has 0 saturated carbocycles. The van der Waals surface area contributed by atoms with Crippen LogP contribution in [0.5, 0.6) is 0 Å². The number of cyclic esters (lactones) is 1. The number of carbonyl (C=O) groups is 2. The molecule has 0 saturated heterocycles. The molecule has 0 fully saturated rings. The number of halogens is 4. The maximum absolute atomic E-state index is 14.9. The minimum Gasteiger partial charge on any atom is -0.460 e. The van der Waals surface area contributed by atoms with Gasteiger partial charge < -0.3 is 14.4 Å². The molecule has 12 heteroatoms. The predicted molar refractivity (Wildman–Crippen MR) is 135 cm³/mol. The molecule has 40 heavy (non-hydrogen) atoms. The van der Waals surface area contributed by atoms with E-state index in [1.54, 1.807) is 13.0 Å². The van der Waals surface area contributed by atoms with Crippen molar-refractivity contribution in [3.8, 4) is 11.4 Å². The van der Waals surface area contributed by atoms with E-state index < -0.39 is 41.8 Å². The second kappa shape index (κ2) is 9.05. The topological polar surface area (TPSA) is 111 Å². The number of hydrogen-bond acceptors (Lipinski definition) is 6. The first kappa shape index (κ1) is 26.3. The average Bonchev–Trinajstić information content (AvgIpc) is 3.28. The number of pyridine rings is 2. The number of nitrogens with zero attached hydrogens (tertiary/aromatic N) is 3. The zero-order valence-corrected chi connectivity index (χ0v) is 21.4. The van der Waals surface area contributed by atoms with Gasteiger partial charge in [-0.05, 0) is 54.5 Å². The second-order valence-corrected chi connectivity index (χ2v) is 10.3. The molecule has 2 aromatic heterocycles. The fourth-order valence-electron chi connectivity index (χ4n) is 6.14. The molecule has 6 rings (SSSR count). The summed E-state index contributed by atoms with van der Waals surface area (Å²) in [6.07, 6.45) is -6.23. The zero-order chi connectivity index (χ0) is 28.7. The van der Waals surface area contributed by atoms with E-state index in [1.165, 1.54) is 10.6 Å². The monoisotopic (exact) mass is 557 g/mol. The van der Waals surface area contributed by atoms with E-state index in [4.69, 9.17) is 9.72 Å². The van der Waals surface area contributed by atoms with Crippen LogP contribution in [0.3, 0.4) is 0 Å². The number of carbonyl (C=O) groups excluding carboxylic acids is 2. The molecule has 1 unspecified atom stereocenters. The molecule has 3 aliphatic rings. The van der Waals surface area contributed by atoms with Crippen LogP contribution in [-0.2, 0) is 33.9 Å². The molecule has 2 aliphatic heterocycles. The molecule has 3 atom stereocenters. The van der Waals surface area contributed by atoms with Crippen LogP contribution in [-0.4, -0.2) is 45.0 Å². The van der Waals surface area contributed by atoms with Gasteiger partial charge in [-0.15, -0.1) is 0 Å². The first-order valence-electron chi connectivity index (χ1n) is 12.8. The number of hydrogen-bond donors (Lipinski definition) is 1. The van der Waals surface area contributed by atoms with Gasteiger partial charge >= 0.3 is 12.1 Å². The quantitative estimate of drug-likeness (QED) is 0.232. The fourth-order valence-corrected chi connectivity index (χ4v) is 6.14. The summed E-state index contributed by atoms with van der Waals surface area (Å²) in [4.78, 5) is 46.1. The van der Waals surface area contributed by atoms with Gasteiger partial charge in [-0.3, -0.25) is 14.4 Å². The summed E-state index contributed by atoms with van der Waals surface area (Å²) in [7, 11) is 0. The van der Waals surface area contributed by atoms with Gasteiger partial charge in [0.2, 0.25) is 6.10 Å². The van der Waals surface area contributed by atoms with Crippen molar-refractivity contribution in [2.24, 2.45) is 4.99 Å². The lowest BCUT2D eigenvalue weighted by Crippen LogP contribution is -2.35. The van der Waals surface area contributed by atoms with Crippen molar-refractivity contribution < 1.29 is 37.0 Å². The molecule has 1 aromatic carbocycles. The van der Waals surface area contributed by atoms with Gasteiger partial charge in [0.1, 0.15) is 12.4 Å². The number of amides is 1. The molecule has 1 amide bonds. The minimum absolute atomic E-state index is 0.0825. The Hall–Kier alpha value is -3.93. The Morgan fingerprint density at radius 1 is 1.27 bits per heavy atom. The van der Waals surface area contributed by atoms with Crippen LogP contribution in [0.4, 0.5) is 17.6 Å². The Morgan fingerprint density at radius 3 is 2.73 bits per heavy atom. The number of ether oxygens (including phenoxy) is 1. The first-order chi connectivity index (χ1) is 18.9. The smallest absolute Gasteiger partial charge is 0.423 e. The number of aliphatic imine (C=N–C) groups is 1. The van der Waals surface area contributed by atoms with Crippen molar-refractivity contribution in [3.63, 3.8) is 0 Å². The van der Waals surface area contributed by atoms with Crippen LogP contribution in [0.1, 0.15) is 65.0 Å². The van der Waals surface area contributed by atoms with E-state index in [1.807, 2.05) is 6.92 Å². The lowest BCUT2D eigenvalue weighted by molar-refractivity contribution is -0.203. The standard InChI is InChI=1S/C28H23F4N3O5/c1-3-13-15-6-20-23-16(9-35(20)26(38)17(15)10-40-27(13)39)21-12(8-33-25(37)24(36)28(30,31)32)4-5-14-11(2)18(29)7-19(34-23)22(14)21/h6-8,12-13,24,36H,3-5,9-10H2,1-2H3/t12?,13-,24-/m1/s1. The average molecular weight is 558 g/mol. The molecule has 0 radical (unpaired) electrons. The predicted octanol–water partition coefficient (Wildman–Crippen LogP) is 3.97. The van der Waals surface area contributed by atoms with Crippen molar-refractivity contribution in [1.82, 2.24) is 9.55 Å². The summed E-state index contributed by atoms with van der Waals surface area (Å²) in [6, 6.07) is 3.02. The van der Waals surface area contributed by atoms with Crippen LogP contribution >= 0.6 is 0 Å². The molecular formula is C28H23F4N3O5. The Labute approximate surface area is 224 Å². The van der Waals surface area contributed by atoms with Crippen molar-refractivity contribution in [2.75, 3.05) is 0 Å². The third kappa shape index (κ3) is 3.80. The van der Waals surface area contributed by atoms with E-state index >= 15 is 0 Å². The highest BCUT2D eigenvalue weighted by atomic mass is 19.4. The fraction of sp³-hybridized carbons (Fsp3) is 0.393. The molecule has 0 spiro atoms. The summed E-state index contributed by atoms with van der Waals surface area (Å²) < 4.78 is 60.2. The van der Waals surface area contributed by atoms with Gasteiger partial charge in [-0.1, -0.05) is 6.92 Å². The number of aryl methyl sites for hydroxylation is 1. The van der Waals surface area contributed by atoms with E-state index in [0.29, 0.717) is 74.9 Å². The molecule has 208 valence electrons. The second-order valence-electron chi connectivity index (χ2n) is 10.3. The number of fused-ring (bicyclic) bond motifs is 5. The normalized spacial score (nSPS) is 20.3. The molecule has 1 N–H and O–H groups in total. The number of alkyl halides is 3. The molecule has 4 heterocycles. The number of esters is 1. The Morgan fingerprint density at radius 2 is 2.02 bits per heavy atom. The van der Waals surface area contributed by atoms with E-state index in [2.05, 4.69) is 4.99 Å². The molecule has 0 bridgehead atoms. The van der Waals surface area contributed by atoms with Gasteiger partial charge in [-0.25, -0.2) is 14.4 Å². The third-order valence-corrected chi connectivity index (χ3v) is 8.17. The number of rotatable bonds is 3. The number of aliphatic hydroxyl groups excluding tert-OH is 1. The number of benzene rings is 1. The third-order valence-electron chi connectivity index (χ3n) is 8.17. The zero-order valence-electron chi connectivity index (χ0n) is 21.4. The lowest BCUT2D eigenvalue weighted by atomic mass is 9.78. The van der Waals surface area contributed by atoms with Crippen LogP contribution in [0.25, 0.3) is 22.3 Å². The van der Waals surface area contributed by atoms with Crippen LogP contribution < -0.4 is 5.56 Å². The number of aliphatic hydroxyl groups is 1. The van der Waals surface area contributed by atoms with Crippen molar-refractivity contribution in [2.45, 2.75) is 70.4 Å². The van der Waals surface area contributed by atoms with Crippen LogP contribution in [0.2, 0.25) is 0 Å². The van der Waals surface area contributed by atoms with Crippen molar-refractivity contribution in [3.05, 3.63) is 61.7 Å². The Kier molecular flexibility index (Phi) is 5.95. The maximum atomic E-state index is 14.9. The summed E-state index contributed by atoms with van der Waals surface area (Å²) in [6.45, 7) is 3.37. The summed E-state index contributed by atoms with van der Waals surface area (Å²) in [5.41, 5.74) is 4.04. The van der Waals surface area contributed by atoms with E-state index in [9.17, 15) is 37.1 Å². The van der Waals surface area contributed by atoms with Gasteiger partial charge in [0.15, 0.2) is 0 Å². The van der Waals surface area contributed by atoms with Gasteiger partial charge in [0.25, 0.3) is 11.5 Å². The molecule has 3 aromatic rings. The minimum atomic E-state index is -5.16. The van der Waals surface area contributed by atoms with Gasteiger partial charge in [0, 0.05) is 29.1 Å². The largest absolute Gasteiger partial charge is 0.460 e. The van der Waals surface area contributed by atoms with Crippen molar-refractivity contribution >= 4 is 29.0 Å². The Balaban J connectivity index is 1.57. The number of aromatic nitrogens is 2. The van der Waals surface area contributed by atoms with Crippen LogP contribution in [0, 0.1) is 12.7 Å². The van der Waals surface area contributed by atoms with E-state index in [0.717, 1.165) is 6.21 Å². The SMILES string of the molecule is CC[C@H]1C(=O)OCc2c1cc1n(c2=O)Cc2c-1nc1cc(F)c(C)c3c1c2C(C=NC(=O)[C@@H](O)C(F)(F)F)CC3. The van der Waals surface area contributed by atoms with Crippen molar-refractivity contribution in [1.29, 1.82) is 0 Å². The highest BCUT2D eigenvalue weighted by molar-refractivity contribution is 5.98. The molecule has 1 aliphatic carbocycles. The van der Waals surface area contributed by atoms with E-state index in [-0.39, 0.29) is 18.7 Å². The molecule has 8 nitrogen and oxygen atoms in total. The highest BCUT2D eigenvalue weighted by Crippen LogP contribution is 2.45. The summed E-state index contributed by atoms with van der Waals surface area (Å²) >= 11 is 0. The highest BCUT2D eigenvalue weighted by Gasteiger charge is 2.44. The van der Waals surface area contributed by atoms with Gasteiger partial charge in [0.05, 0.1) is 34.9 Å². The molecular weight excluding hydrogens is 534 g/mol. The summed E-state index contributed by atoms with van der Waals surface area (Å²) in [5.74, 6) is -3.91.